The lowest BCUT2D eigenvalue weighted by Gasteiger charge is -2.28. The van der Waals surface area contributed by atoms with Gasteiger partial charge in [0.2, 0.25) is 0 Å². The molecule has 1 aromatic carbocycles. The van der Waals surface area contributed by atoms with Crippen molar-refractivity contribution in [3.05, 3.63) is 34.9 Å². The minimum Gasteiger partial charge on any atom is -0.331 e. The zero-order valence-corrected chi connectivity index (χ0v) is 12.6. The Morgan fingerprint density at radius 1 is 1.05 bits per heavy atom. The second-order valence-electron chi connectivity index (χ2n) is 6.78. The minimum atomic E-state index is 0.263. The largest absolute Gasteiger partial charge is 0.331 e. The summed E-state index contributed by atoms with van der Waals surface area (Å²) in [6.07, 6.45) is 8.34. The molecule has 2 unspecified atom stereocenters. The summed E-state index contributed by atoms with van der Waals surface area (Å²) < 4.78 is 0. The molecule has 2 aliphatic heterocycles. The second kappa shape index (κ2) is 5.45. The number of hydrogen-bond donors (Lipinski definition) is 1. The smallest absolute Gasteiger partial charge is 0.254 e. The molecule has 0 aromatic heterocycles. The van der Waals surface area contributed by atoms with Crippen LogP contribution in [-0.2, 0) is 12.8 Å². The van der Waals surface area contributed by atoms with Gasteiger partial charge in [-0.15, -0.1) is 0 Å². The van der Waals surface area contributed by atoms with E-state index in [1.54, 1.807) is 0 Å². The zero-order chi connectivity index (χ0) is 14.2. The maximum Gasteiger partial charge on any atom is 0.254 e. The van der Waals surface area contributed by atoms with E-state index in [0.29, 0.717) is 12.1 Å². The van der Waals surface area contributed by atoms with Gasteiger partial charge in [-0.1, -0.05) is 6.07 Å². The van der Waals surface area contributed by atoms with E-state index in [9.17, 15) is 4.79 Å². The van der Waals surface area contributed by atoms with E-state index < -0.39 is 0 Å². The molecule has 1 aliphatic carbocycles. The second-order valence-corrected chi connectivity index (χ2v) is 6.78. The molecule has 2 atom stereocenters. The van der Waals surface area contributed by atoms with Crippen molar-refractivity contribution in [1.29, 1.82) is 0 Å². The van der Waals surface area contributed by atoms with E-state index in [1.807, 2.05) is 0 Å². The highest BCUT2D eigenvalue weighted by Gasteiger charge is 2.38. The first kappa shape index (κ1) is 13.3. The van der Waals surface area contributed by atoms with Crippen LogP contribution in [0.1, 0.15) is 53.6 Å². The van der Waals surface area contributed by atoms with Crippen molar-refractivity contribution in [2.24, 2.45) is 0 Å². The molecule has 3 aliphatic rings. The van der Waals surface area contributed by atoms with Crippen molar-refractivity contribution >= 4 is 5.91 Å². The van der Waals surface area contributed by atoms with Crippen LogP contribution in [0.5, 0.6) is 0 Å². The average Bonchev–Trinajstić information content (AvgIpc) is 2.79. The molecular formula is C18H24N2O. The van der Waals surface area contributed by atoms with E-state index >= 15 is 0 Å². The number of nitrogens with zero attached hydrogens (tertiary/aromatic N) is 1. The highest BCUT2D eigenvalue weighted by molar-refractivity contribution is 5.95. The van der Waals surface area contributed by atoms with Gasteiger partial charge in [0.05, 0.1) is 0 Å². The van der Waals surface area contributed by atoms with Crippen LogP contribution in [0.2, 0.25) is 0 Å². The highest BCUT2D eigenvalue weighted by Crippen LogP contribution is 2.30. The van der Waals surface area contributed by atoms with Gasteiger partial charge in [-0.2, -0.15) is 0 Å². The number of nitrogens with one attached hydrogen (secondary N) is 1. The number of amides is 1. The molecule has 0 radical (unpaired) electrons. The molecule has 112 valence electrons. The van der Waals surface area contributed by atoms with Gasteiger partial charge in [-0.05, 0) is 74.8 Å². The molecule has 0 saturated carbocycles. The Morgan fingerprint density at radius 2 is 1.86 bits per heavy atom. The van der Waals surface area contributed by atoms with Crippen molar-refractivity contribution < 1.29 is 4.79 Å². The lowest BCUT2D eigenvalue weighted by atomic mass is 9.90. The van der Waals surface area contributed by atoms with Crippen molar-refractivity contribution in [3.63, 3.8) is 0 Å². The van der Waals surface area contributed by atoms with Crippen molar-refractivity contribution in [1.82, 2.24) is 10.2 Å². The van der Waals surface area contributed by atoms with Gasteiger partial charge in [0, 0.05) is 24.2 Å². The van der Waals surface area contributed by atoms with Crippen LogP contribution in [0.15, 0.2) is 18.2 Å². The fraction of sp³-hybridized carbons (Fsp3) is 0.611. The monoisotopic (exact) mass is 284 g/mol. The maximum absolute atomic E-state index is 13.0. The SMILES string of the molecule is O=C(c1ccc2c(c1)CCCC2)N1C2CCNCC1CC2. The zero-order valence-electron chi connectivity index (χ0n) is 12.6. The van der Waals surface area contributed by atoms with Gasteiger partial charge in [0.1, 0.15) is 0 Å². The molecular weight excluding hydrogens is 260 g/mol. The normalized spacial score (nSPS) is 28.1. The van der Waals surface area contributed by atoms with Gasteiger partial charge < -0.3 is 10.2 Å². The van der Waals surface area contributed by atoms with E-state index in [1.165, 1.54) is 36.8 Å². The molecule has 4 rings (SSSR count). The molecule has 2 fully saturated rings. The van der Waals surface area contributed by atoms with Crippen molar-refractivity contribution in [2.45, 2.75) is 57.0 Å². The summed E-state index contributed by atoms with van der Waals surface area (Å²) >= 11 is 0. The van der Waals surface area contributed by atoms with Gasteiger partial charge >= 0.3 is 0 Å². The quantitative estimate of drug-likeness (QED) is 0.859. The molecule has 2 saturated heterocycles. The summed E-state index contributed by atoms with van der Waals surface area (Å²) in [5.41, 5.74) is 3.78. The van der Waals surface area contributed by atoms with Gasteiger partial charge in [0.15, 0.2) is 0 Å². The molecule has 2 bridgehead atoms. The molecule has 21 heavy (non-hydrogen) atoms. The fourth-order valence-corrected chi connectivity index (χ4v) is 4.33. The Hall–Kier alpha value is -1.35. The summed E-state index contributed by atoms with van der Waals surface area (Å²) in [7, 11) is 0. The van der Waals surface area contributed by atoms with Crippen LogP contribution in [-0.4, -0.2) is 36.0 Å². The van der Waals surface area contributed by atoms with Crippen LogP contribution in [0.4, 0.5) is 0 Å². The lowest BCUT2D eigenvalue weighted by Crippen LogP contribution is -2.42. The number of carbonyl (C=O) groups excluding carboxylic acids is 1. The molecule has 3 nitrogen and oxygen atoms in total. The van der Waals surface area contributed by atoms with Crippen LogP contribution in [0.3, 0.4) is 0 Å². The van der Waals surface area contributed by atoms with E-state index in [4.69, 9.17) is 0 Å². The van der Waals surface area contributed by atoms with E-state index in [2.05, 4.69) is 28.4 Å². The molecule has 1 N–H and O–H groups in total. The predicted octanol–water partition coefficient (Wildman–Crippen LogP) is 2.53. The minimum absolute atomic E-state index is 0.263. The summed E-state index contributed by atoms with van der Waals surface area (Å²) in [6.45, 7) is 2.02. The van der Waals surface area contributed by atoms with Crippen LogP contribution >= 0.6 is 0 Å². The first-order chi connectivity index (χ1) is 10.3. The third-order valence-corrected chi connectivity index (χ3v) is 5.48. The average molecular weight is 284 g/mol. The Balaban J connectivity index is 1.62. The van der Waals surface area contributed by atoms with Crippen LogP contribution in [0, 0.1) is 0 Å². The Bertz CT molecular complexity index is 540. The first-order valence-electron chi connectivity index (χ1n) is 8.48. The Kier molecular flexibility index (Phi) is 3.46. The Morgan fingerprint density at radius 3 is 2.76 bits per heavy atom. The molecule has 1 amide bonds. The Labute approximate surface area is 126 Å². The third-order valence-electron chi connectivity index (χ3n) is 5.48. The molecule has 2 heterocycles. The van der Waals surface area contributed by atoms with Crippen molar-refractivity contribution in [2.75, 3.05) is 13.1 Å². The van der Waals surface area contributed by atoms with Crippen LogP contribution < -0.4 is 5.32 Å². The standard InChI is InChI=1S/C18H24N2O/c21-18(20-16-7-8-17(20)12-19-10-9-16)15-6-5-13-3-1-2-4-14(13)11-15/h5-6,11,16-17,19H,1-4,7-10,12H2. The number of fused-ring (bicyclic) bond motifs is 3. The summed E-state index contributed by atoms with van der Waals surface area (Å²) in [5, 5.41) is 3.47. The summed E-state index contributed by atoms with van der Waals surface area (Å²) in [4.78, 5) is 15.2. The molecule has 0 spiro atoms. The predicted molar refractivity (Wildman–Crippen MR) is 83.6 cm³/mol. The third kappa shape index (κ3) is 2.38. The van der Waals surface area contributed by atoms with Gasteiger partial charge in [0.25, 0.3) is 5.91 Å². The van der Waals surface area contributed by atoms with E-state index in [-0.39, 0.29) is 5.91 Å². The van der Waals surface area contributed by atoms with Crippen LogP contribution in [0.25, 0.3) is 0 Å². The number of hydrogen-bond acceptors (Lipinski definition) is 2. The van der Waals surface area contributed by atoms with Crippen molar-refractivity contribution in [3.8, 4) is 0 Å². The number of rotatable bonds is 1. The number of carbonyl (C=O) groups is 1. The first-order valence-corrected chi connectivity index (χ1v) is 8.48. The lowest BCUT2D eigenvalue weighted by molar-refractivity contribution is 0.0680. The number of benzene rings is 1. The summed E-state index contributed by atoms with van der Waals surface area (Å²) in [5.74, 6) is 0.263. The highest BCUT2D eigenvalue weighted by atomic mass is 16.2. The topological polar surface area (TPSA) is 32.3 Å². The number of aryl methyl sites for hydroxylation is 2. The summed E-state index contributed by atoms with van der Waals surface area (Å²) in [6, 6.07) is 7.29. The van der Waals surface area contributed by atoms with Gasteiger partial charge in [-0.3, -0.25) is 4.79 Å². The maximum atomic E-state index is 13.0. The fourth-order valence-electron chi connectivity index (χ4n) is 4.33. The molecule has 3 heteroatoms. The van der Waals surface area contributed by atoms with Gasteiger partial charge in [-0.25, -0.2) is 0 Å². The van der Waals surface area contributed by atoms with E-state index in [0.717, 1.165) is 37.9 Å². The molecule has 1 aromatic rings.